The lowest BCUT2D eigenvalue weighted by molar-refractivity contribution is 0.159. The van der Waals surface area contributed by atoms with E-state index in [0.29, 0.717) is 5.56 Å². The van der Waals surface area contributed by atoms with Crippen molar-refractivity contribution in [2.45, 2.75) is 19.8 Å². The monoisotopic (exact) mass is 580 g/mol. The van der Waals surface area contributed by atoms with Gasteiger partial charge in [-0.3, -0.25) is 18.8 Å². The van der Waals surface area contributed by atoms with Crippen LogP contribution >= 0.6 is 15.6 Å². The van der Waals surface area contributed by atoms with Gasteiger partial charge in [0.25, 0.3) is 0 Å². The molecule has 6 N–H and O–H groups in total. The second kappa shape index (κ2) is 10.9. The molecule has 0 spiro atoms. The van der Waals surface area contributed by atoms with Crippen LogP contribution in [0.5, 0.6) is 28.7 Å². The zero-order valence-corrected chi connectivity index (χ0v) is 22.5. The summed E-state index contributed by atoms with van der Waals surface area (Å²) in [6, 6.07) is 11.6. The largest absolute Gasteiger partial charge is 0.530 e. The normalized spacial score (nSPS) is 15.3. The third kappa shape index (κ3) is 6.23. The SMILES string of the molecule is CCOP(=O)(OCC)OC1=C(c2cc(O)cc(O)c2)C(c2ccc(OP(=O)(O)O)cc2)c2c(O)cc(O)cc21. The van der Waals surface area contributed by atoms with Gasteiger partial charge < -0.3 is 29.5 Å². The molecule has 0 aromatic heterocycles. The quantitative estimate of drug-likeness (QED) is 0.172. The summed E-state index contributed by atoms with van der Waals surface area (Å²) in [5.41, 5.74) is 1.20. The highest BCUT2D eigenvalue weighted by Gasteiger charge is 2.41. The van der Waals surface area contributed by atoms with E-state index in [4.69, 9.17) is 23.4 Å². The fraction of sp³-hybridized carbons (Fsp3) is 0.200. The van der Waals surface area contributed by atoms with Crippen molar-refractivity contribution in [3.8, 4) is 28.7 Å². The minimum absolute atomic E-state index is 0.0323. The second-order valence-electron chi connectivity index (χ2n) is 8.36. The maximum atomic E-state index is 13.5. The number of phosphoric acid groups is 2. The maximum Gasteiger partial charge on any atom is 0.530 e. The molecule has 0 fully saturated rings. The van der Waals surface area contributed by atoms with E-state index in [-0.39, 0.29) is 70.0 Å². The molecular weight excluding hydrogens is 554 g/mol. The fourth-order valence-corrected chi connectivity index (χ4v) is 6.02. The second-order valence-corrected chi connectivity index (χ2v) is 11.1. The van der Waals surface area contributed by atoms with Crippen LogP contribution in [-0.4, -0.2) is 43.4 Å². The molecule has 208 valence electrons. The summed E-state index contributed by atoms with van der Waals surface area (Å²) in [6.07, 6.45) is 0. The molecule has 3 aromatic rings. The molecule has 0 heterocycles. The van der Waals surface area contributed by atoms with Crippen LogP contribution in [0.1, 0.15) is 42.0 Å². The summed E-state index contributed by atoms with van der Waals surface area (Å²) in [5.74, 6) is -2.46. The molecule has 0 bridgehead atoms. The van der Waals surface area contributed by atoms with Gasteiger partial charge in [0.1, 0.15) is 34.5 Å². The van der Waals surface area contributed by atoms with Crippen LogP contribution < -0.4 is 4.52 Å². The van der Waals surface area contributed by atoms with Crippen molar-refractivity contribution >= 4 is 27.0 Å². The highest BCUT2D eigenvalue weighted by Crippen LogP contribution is 2.61. The van der Waals surface area contributed by atoms with Gasteiger partial charge in [-0.2, -0.15) is 0 Å². The van der Waals surface area contributed by atoms with Crippen molar-refractivity contribution in [1.29, 1.82) is 0 Å². The number of benzene rings is 3. The molecule has 14 heteroatoms. The first-order valence-corrected chi connectivity index (χ1v) is 14.6. The van der Waals surface area contributed by atoms with Gasteiger partial charge in [-0.15, -0.1) is 0 Å². The van der Waals surface area contributed by atoms with E-state index in [0.717, 1.165) is 12.1 Å². The van der Waals surface area contributed by atoms with E-state index < -0.39 is 21.6 Å². The van der Waals surface area contributed by atoms with Gasteiger partial charge >= 0.3 is 15.6 Å². The van der Waals surface area contributed by atoms with E-state index >= 15 is 0 Å². The van der Waals surface area contributed by atoms with Crippen molar-refractivity contribution in [3.05, 3.63) is 76.9 Å². The van der Waals surface area contributed by atoms with Crippen LogP contribution in [0.4, 0.5) is 0 Å². The molecule has 0 amide bonds. The zero-order chi connectivity index (χ0) is 28.5. The first-order valence-electron chi connectivity index (χ1n) is 11.6. The maximum absolute atomic E-state index is 13.5. The molecule has 1 aliphatic rings. The summed E-state index contributed by atoms with van der Waals surface area (Å²) in [7, 11) is -9.06. The lowest BCUT2D eigenvalue weighted by Gasteiger charge is -2.21. The van der Waals surface area contributed by atoms with Gasteiger partial charge in [-0.1, -0.05) is 12.1 Å². The third-order valence-corrected chi connectivity index (χ3v) is 7.64. The van der Waals surface area contributed by atoms with Crippen LogP contribution in [0, 0.1) is 0 Å². The molecule has 3 aromatic carbocycles. The van der Waals surface area contributed by atoms with Gasteiger partial charge in [-0.25, -0.2) is 9.13 Å². The Hall–Kier alpha value is -3.50. The molecule has 1 aliphatic carbocycles. The van der Waals surface area contributed by atoms with Crippen LogP contribution in [0.25, 0.3) is 11.3 Å². The predicted octanol–water partition coefficient (Wildman–Crippen LogP) is 5.19. The average Bonchev–Trinajstić information content (AvgIpc) is 3.12. The number of fused-ring (bicyclic) bond motifs is 1. The van der Waals surface area contributed by atoms with Crippen molar-refractivity contribution < 1.29 is 57.4 Å². The Morgan fingerprint density at radius 2 is 1.33 bits per heavy atom. The number of allylic oxidation sites excluding steroid dienone is 1. The average molecular weight is 580 g/mol. The van der Waals surface area contributed by atoms with Crippen molar-refractivity contribution in [3.63, 3.8) is 0 Å². The molecule has 0 aliphatic heterocycles. The molecule has 0 radical (unpaired) electrons. The van der Waals surface area contributed by atoms with Crippen molar-refractivity contribution in [1.82, 2.24) is 0 Å². The highest BCUT2D eigenvalue weighted by molar-refractivity contribution is 7.48. The highest BCUT2D eigenvalue weighted by atomic mass is 31.2. The Morgan fingerprint density at radius 3 is 1.87 bits per heavy atom. The van der Waals surface area contributed by atoms with Crippen molar-refractivity contribution in [2.75, 3.05) is 13.2 Å². The number of phenols is 4. The van der Waals surface area contributed by atoms with Gasteiger partial charge in [0, 0.05) is 34.8 Å². The Bertz CT molecular complexity index is 1480. The van der Waals surface area contributed by atoms with E-state index in [1.165, 1.54) is 42.5 Å². The Kier molecular flexibility index (Phi) is 7.99. The van der Waals surface area contributed by atoms with Gasteiger partial charge in [0.2, 0.25) is 0 Å². The van der Waals surface area contributed by atoms with Crippen LogP contribution in [0.3, 0.4) is 0 Å². The van der Waals surface area contributed by atoms with Crippen LogP contribution in [0.2, 0.25) is 0 Å². The summed E-state index contributed by atoms with van der Waals surface area (Å²) in [4.78, 5) is 18.3. The number of rotatable bonds is 10. The van der Waals surface area contributed by atoms with E-state index in [9.17, 15) is 29.6 Å². The zero-order valence-electron chi connectivity index (χ0n) is 20.7. The lowest BCUT2D eigenvalue weighted by atomic mass is 9.84. The molecule has 39 heavy (non-hydrogen) atoms. The van der Waals surface area contributed by atoms with Crippen LogP contribution in [0.15, 0.2) is 54.6 Å². The molecule has 4 rings (SSSR count). The first kappa shape index (κ1) is 28.5. The number of hydrogen-bond donors (Lipinski definition) is 6. The minimum Gasteiger partial charge on any atom is -0.508 e. The third-order valence-electron chi connectivity index (χ3n) is 5.64. The summed E-state index contributed by atoms with van der Waals surface area (Å²) < 4.78 is 45.8. The van der Waals surface area contributed by atoms with E-state index in [1.54, 1.807) is 13.8 Å². The topological polar surface area (TPSA) is 192 Å². The lowest BCUT2D eigenvalue weighted by Crippen LogP contribution is -2.03. The first-order chi connectivity index (χ1) is 18.3. The smallest absolute Gasteiger partial charge is 0.508 e. The number of aromatic hydroxyl groups is 4. The summed E-state index contributed by atoms with van der Waals surface area (Å²) in [6.45, 7) is 3.11. The fourth-order valence-electron chi connectivity index (χ4n) is 4.39. The Morgan fingerprint density at radius 1 is 0.769 bits per heavy atom. The van der Waals surface area contributed by atoms with Gasteiger partial charge in [-0.05, 0) is 55.3 Å². The summed E-state index contributed by atoms with van der Waals surface area (Å²) in [5, 5.41) is 41.8. The molecular formula is C25H26O12P2. The van der Waals surface area contributed by atoms with E-state index in [1.807, 2.05) is 0 Å². The Balaban J connectivity index is 2.01. The van der Waals surface area contributed by atoms with Gasteiger partial charge in [0.15, 0.2) is 0 Å². The molecule has 1 atom stereocenters. The molecule has 0 saturated heterocycles. The summed E-state index contributed by atoms with van der Waals surface area (Å²) >= 11 is 0. The molecule has 0 saturated carbocycles. The number of phosphoric ester groups is 2. The number of hydrogen-bond acceptors (Lipinski definition) is 10. The Labute approximate surface area is 223 Å². The number of phenolic OH excluding ortho intramolecular Hbond substituents is 4. The molecule has 12 nitrogen and oxygen atoms in total. The van der Waals surface area contributed by atoms with E-state index in [2.05, 4.69) is 4.52 Å². The standard InChI is InChI=1S/C25H26O12P2/c1-3-34-39(33,35-4-2)37-25-20-12-18(28)13-21(29)24(20)22(23(25)15-9-16(26)11-17(27)10-15)14-5-7-19(8-6-14)36-38(30,31)32/h5-13,22,26-29H,3-4H2,1-2H3,(H2,30,31,32). The van der Waals surface area contributed by atoms with Gasteiger partial charge in [0.05, 0.1) is 13.2 Å². The van der Waals surface area contributed by atoms with Crippen molar-refractivity contribution in [2.24, 2.45) is 0 Å². The minimum atomic E-state index is -4.82. The molecule has 1 unspecified atom stereocenters. The predicted molar refractivity (Wildman–Crippen MR) is 139 cm³/mol. The van der Waals surface area contributed by atoms with Crippen LogP contribution in [-0.2, 0) is 22.7 Å².